The lowest BCUT2D eigenvalue weighted by Crippen LogP contribution is -2.17. The van der Waals surface area contributed by atoms with Gasteiger partial charge in [0.25, 0.3) is 0 Å². The van der Waals surface area contributed by atoms with E-state index in [4.69, 9.17) is 4.74 Å². The average molecular weight is 299 g/mol. The van der Waals surface area contributed by atoms with Gasteiger partial charge in [0.2, 0.25) is 0 Å². The average Bonchev–Trinajstić information content (AvgIpc) is 2.49. The minimum absolute atomic E-state index is 0.183. The molecule has 0 spiro atoms. The van der Waals surface area contributed by atoms with Crippen LogP contribution in [0.25, 0.3) is 0 Å². The Morgan fingerprint density at radius 3 is 2.71 bits per heavy atom. The minimum Gasteiger partial charge on any atom is -0.489 e. The standard InChI is InChI=1S/C18H21NOS/c1-13(2)20-17-9-5-4-8-16(17)19-15-11-12-21-18-10-6-3-7-14(15)18/h3-10,13,15,19H,11-12H2,1-2H3. The highest BCUT2D eigenvalue weighted by molar-refractivity contribution is 7.99. The van der Waals surface area contributed by atoms with Crippen LogP contribution in [-0.2, 0) is 0 Å². The Balaban J connectivity index is 1.85. The van der Waals surface area contributed by atoms with Crippen LogP contribution in [0.5, 0.6) is 5.75 Å². The molecule has 21 heavy (non-hydrogen) atoms. The molecule has 110 valence electrons. The Hall–Kier alpha value is -1.61. The molecule has 1 aliphatic rings. The van der Waals surface area contributed by atoms with Crippen LogP contribution in [0.15, 0.2) is 53.4 Å². The Bertz CT molecular complexity index is 612. The van der Waals surface area contributed by atoms with Crippen molar-refractivity contribution in [2.24, 2.45) is 0 Å². The molecular weight excluding hydrogens is 278 g/mol. The first-order valence-corrected chi connectivity index (χ1v) is 8.46. The molecule has 1 N–H and O–H groups in total. The smallest absolute Gasteiger partial charge is 0.142 e. The van der Waals surface area contributed by atoms with Crippen LogP contribution in [0.3, 0.4) is 0 Å². The molecule has 0 saturated carbocycles. The lowest BCUT2D eigenvalue weighted by molar-refractivity contribution is 0.243. The number of nitrogens with one attached hydrogen (secondary N) is 1. The van der Waals surface area contributed by atoms with Crippen molar-refractivity contribution >= 4 is 17.4 Å². The van der Waals surface area contributed by atoms with Gasteiger partial charge in [-0.1, -0.05) is 30.3 Å². The molecule has 0 radical (unpaired) electrons. The molecule has 1 heterocycles. The second-order valence-corrected chi connectivity index (χ2v) is 6.67. The largest absolute Gasteiger partial charge is 0.489 e. The van der Waals surface area contributed by atoms with E-state index >= 15 is 0 Å². The van der Waals surface area contributed by atoms with Gasteiger partial charge < -0.3 is 10.1 Å². The molecule has 3 rings (SSSR count). The number of benzene rings is 2. The number of hydrogen-bond donors (Lipinski definition) is 1. The van der Waals surface area contributed by atoms with Gasteiger partial charge in [0.15, 0.2) is 0 Å². The molecule has 0 fully saturated rings. The summed E-state index contributed by atoms with van der Waals surface area (Å²) in [5.41, 5.74) is 2.48. The normalized spacial score (nSPS) is 17.4. The molecule has 0 aromatic heterocycles. The topological polar surface area (TPSA) is 21.3 Å². The van der Waals surface area contributed by atoms with E-state index in [-0.39, 0.29) is 6.10 Å². The molecule has 0 bridgehead atoms. The van der Waals surface area contributed by atoms with Crippen molar-refractivity contribution < 1.29 is 4.74 Å². The van der Waals surface area contributed by atoms with Gasteiger partial charge in [-0.15, -0.1) is 11.8 Å². The van der Waals surface area contributed by atoms with E-state index in [1.54, 1.807) is 0 Å². The maximum absolute atomic E-state index is 5.91. The maximum atomic E-state index is 5.91. The zero-order valence-electron chi connectivity index (χ0n) is 12.5. The number of hydrogen-bond acceptors (Lipinski definition) is 3. The third-order valence-corrected chi connectivity index (χ3v) is 4.66. The number of anilines is 1. The minimum atomic E-state index is 0.183. The fourth-order valence-electron chi connectivity index (χ4n) is 2.62. The Kier molecular flexibility index (Phi) is 4.39. The number of fused-ring (bicyclic) bond motifs is 1. The monoisotopic (exact) mass is 299 g/mol. The van der Waals surface area contributed by atoms with Crippen molar-refractivity contribution in [3.8, 4) is 5.75 Å². The zero-order valence-corrected chi connectivity index (χ0v) is 13.3. The lowest BCUT2D eigenvalue weighted by Gasteiger charge is -2.27. The number of para-hydroxylation sites is 2. The highest BCUT2D eigenvalue weighted by Crippen LogP contribution is 2.39. The van der Waals surface area contributed by atoms with Crippen molar-refractivity contribution in [1.82, 2.24) is 0 Å². The predicted octanol–water partition coefficient (Wildman–Crippen LogP) is 5.12. The molecule has 1 atom stereocenters. The van der Waals surface area contributed by atoms with E-state index in [2.05, 4.69) is 55.6 Å². The van der Waals surface area contributed by atoms with Crippen molar-refractivity contribution in [3.05, 3.63) is 54.1 Å². The van der Waals surface area contributed by atoms with Crippen molar-refractivity contribution in [1.29, 1.82) is 0 Å². The molecule has 2 aromatic rings. The van der Waals surface area contributed by atoms with Gasteiger partial charge >= 0.3 is 0 Å². The summed E-state index contributed by atoms with van der Waals surface area (Å²) in [6.07, 6.45) is 1.32. The summed E-state index contributed by atoms with van der Waals surface area (Å²) in [6.45, 7) is 4.12. The molecule has 3 heteroatoms. The molecule has 1 unspecified atom stereocenters. The van der Waals surface area contributed by atoms with E-state index in [0.717, 1.165) is 23.6 Å². The third kappa shape index (κ3) is 3.35. The van der Waals surface area contributed by atoms with E-state index in [0.29, 0.717) is 6.04 Å². The van der Waals surface area contributed by atoms with E-state index in [9.17, 15) is 0 Å². The van der Waals surface area contributed by atoms with Crippen LogP contribution >= 0.6 is 11.8 Å². The molecule has 2 aromatic carbocycles. The van der Waals surface area contributed by atoms with Crippen molar-refractivity contribution in [2.75, 3.05) is 11.1 Å². The summed E-state index contributed by atoms with van der Waals surface area (Å²) < 4.78 is 5.91. The second-order valence-electron chi connectivity index (χ2n) is 5.53. The van der Waals surface area contributed by atoms with Crippen LogP contribution in [0.2, 0.25) is 0 Å². The van der Waals surface area contributed by atoms with Crippen LogP contribution in [0, 0.1) is 0 Å². The van der Waals surface area contributed by atoms with Gasteiger partial charge in [-0.2, -0.15) is 0 Å². The molecule has 1 aliphatic heterocycles. The Morgan fingerprint density at radius 1 is 1.10 bits per heavy atom. The van der Waals surface area contributed by atoms with Crippen molar-refractivity contribution in [2.45, 2.75) is 37.3 Å². The van der Waals surface area contributed by atoms with Crippen molar-refractivity contribution in [3.63, 3.8) is 0 Å². The van der Waals surface area contributed by atoms with Gasteiger partial charge in [-0.3, -0.25) is 0 Å². The lowest BCUT2D eigenvalue weighted by atomic mass is 10.0. The number of ether oxygens (including phenoxy) is 1. The first-order chi connectivity index (χ1) is 10.2. The summed E-state index contributed by atoms with van der Waals surface area (Å²) in [7, 11) is 0. The summed E-state index contributed by atoms with van der Waals surface area (Å²) in [4.78, 5) is 1.39. The van der Waals surface area contributed by atoms with E-state index < -0.39 is 0 Å². The fraction of sp³-hybridized carbons (Fsp3) is 0.333. The molecular formula is C18H21NOS. The van der Waals surface area contributed by atoms with Crippen LogP contribution in [0.1, 0.15) is 31.9 Å². The van der Waals surface area contributed by atoms with Crippen LogP contribution in [0.4, 0.5) is 5.69 Å². The van der Waals surface area contributed by atoms with Gasteiger partial charge in [0.1, 0.15) is 5.75 Å². The number of thioether (sulfide) groups is 1. The first-order valence-electron chi connectivity index (χ1n) is 7.48. The SMILES string of the molecule is CC(C)Oc1ccccc1NC1CCSc2ccccc21. The van der Waals surface area contributed by atoms with Gasteiger partial charge in [0, 0.05) is 10.6 Å². The number of rotatable bonds is 4. The highest BCUT2D eigenvalue weighted by atomic mass is 32.2. The fourth-order valence-corrected chi connectivity index (χ4v) is 3.75. The second kappa shape index (κ2) is 6.44. The van der Waals surface area contributed by atoms with Gasteiger partial charge in [-0.05, 0) is 44.0 Å². The first kappa shape index (κ1) is 14.3. The molecule has 0 amide bonds. The maximum Gasteiger partial charge on any atom is 0.142 e. The van der Waals surface area contributed by atoms with E-state index in [1.165, 1.54) is 10.5 Å². The predicted molar refractivity (Wildman–Crippen MR) is 90.4 cm³/mol. The Labute approximate surface area is 130 Å². The quantitative estimate of drug-likeness (QED) is 0.846. The van der Waals surface area contributed by atoms with E-state index in [1.807, 2.05) is 23.9 Å². The summed E-state index contributed by atoms with van der Waals surface area (Å²) in [5.74, 6) is 2.09. The Morgan fingerprint density at radius 2 is 1.86 bits per heavy atom. The summed E-state index contributed by atoms with van der Waals surface area (Å²) in [6, 6.07) is 17.2. The molecule has 0 saturated heterocycles. The van der Waals surface area contributed by atoms with Crippen LogP contribution in [-0.4, -0.2) is 11.9 Å². The molecule has 2 nitrogen and oxygen atoms in total. The zero-order chi connectivity index (χ0) is 14.7. The van der Waals surface area contributed by atoms with Gasteiger partial charge in [0.05, 0.1) is 17.8 Å². The molecule has 0 aliphatic carbocycles. The summed E-state index contributed by atoms with van der Waals surface area (Å²) >= 11 is 1.95. The van der Waals surface area contributed by atoms with Gasteiger partial charge in [-0.25, -0.2) is 0 Å². The third-order valence-electron chi connectivity index (χ3n) is 3.54. The van der Waals surface area contributed by atoms with Crippen LogP contribution < -0.4 is 10.1 Å². The highest BCUT2D eigenvalue weighted by Gasteiger charge is 2.21. The summed E-state index contributed by atoms with van der Waals surface area (Å²) in [5, 5.41) is 3.67.